The Morgan fingerprint density at radius 1 is 1.05 bits per heavy atom. The van der Waals surface area contributed by atoms with E-state index in [9.17, 15) is 4.39 Å². The Morgan fingerprint density at radius 2 is 1.85 bits per heavy atom. The highest BCUT2D eigenvalue weighted by atomic mass is 79.9. The highest BCUT2D eigenvalue weighted by molar-refractivity contribution is 9.10. The molecule has 0 atom stereocenters. The Bertz CT molecular complexity index is 722. The van der Waals surface area contributed by atoms with Gasteiger partial charge in [0.05, 0.1) is 12.7 Å². The average molecular weight is 331 g/mol. The Balaban J connectivity index is 1.84. The molecule has 1 heterocycles. The van der Waals surface area contributed by atoms with E-state index in [0.29, 0.717) is 6.54 Å². The van der Waals surface area contributed by atoms with Crippen molar-refractivity contribution < 1.29 is 4.39 Å². The SMILES string of the molecule is Fc1ccc(Cn2cc(-c3ccccc3)cn2)c(Br)c1. The minimum Gasteiger partial charge on any atom is -0.268 e. The largest absolute Gasteiger partial charge is 0.268 e. The molecule has 0 bridgehead atoms. The summed E-state index contributed by atoms with van der Waals surface area (Å²) in [5.41, 5.74) is 3.20. The van der Waals surface area contributed by atoms with Crippen molar-refractivity contribution in [3.8, 4) is 11.1 Å². The third kappa shape index (κ3) is 2.80. The molecule has 0 spiro atoms. The molecule has 0 unspecified atom stereocenters. The lowest BCUT2D eigenvalue weighted by molar-refractivity contribution is 0.623. The highest BCUT2D eigenvalue weighted by Crippen LogP contribution is 2.21. The van der Waals surface area contributed by atoms with E-state index in [2.05, 4.69) is 33.2 Å². The minimum atomic E-state index is -0.244. The van der Waals surface area contributed by atoms with Crippen molar-refractivity contribution in [1.82, 2.24) is 9.78 Å². The Labute approximate surface area is 125 Å². The summed E-state index contributed by atoms with van der Waals surface area (Å²) < 4.78 is 15.7. The second kappa shape index (κ2) is 5.59. The zero-order valence-electron chi connectivity index (χ0n) is 10.6. The molecule has 0 saturated carbocycles. The maximum Gasteiger partial charge on any atom is 0.124 e. The van der Waals surface area contributed by atoms with Gasteiger partial charge >= 0.3 is 0 Å². The van der Waals surface area contributed by atoms with Crippen LogP contribution in [0.15, 0.2) is 65.4 Å². The van der Waals surface area contributed by atoms with Gasteiger partial charge in [-0.25, -0.2) is 4.39 Å². The highest BCUT2D eigenvalue weighted by Gasteiger charge is 2.05. The van der Waals surface area contributed by atoms with Crippen molar-refractivity contribution >= 4 is 15.9 Å². The first-order valence-corrected chi connectivity index (χ1v) is 7.03. The van der Waals surface area contributed by atoms with Gasteiger partial charge < -0.3 is 0 Å². The first kappa shape index (κ1) is 13.1. The van der Waals surface area contributed by atoms with E-state index in [1.165, 1.54) is 12.1 Å². The van der Waals surface area contributed by atoms with Gasteiger partial charge in [0.1, 0.15) is 5.82 Å². The van der Waals surface area contributed by atoms with Crippen LogP contribution in [0.2, 0.25) is 0 Å². The average Bonchev–Trinajstić information content (AvgIpc) is 2.92. The molecule has 0 N–H and O–H groups in total. The molecule has 0 aliphatic rings. The second-order valence-corrected chi connectivity index (χ2v) is 5.38. The van der Waals surface area contributed by atoms with E-state index in [-0.39, 0.29) is 5.82 Å². The van der Waals surface area contributed by atoms with Crippen LogP contribution in [-0.2, 0) is 6.54 Å². The van der Waals surface area contributed by atoms with Crippen LogP contribution in [0.1, 0.15) is 5.56 Å². The monoisotopic (exact) mass is 330 g/mol. The van der Waals surface area contributed by atoms with E-state index in [1.54, 1.807) is 6.07 Å². The van der Waals surface area contributed by atoms with E-state index in [0.717, 1.165) is 21.2 Å². The lowest BCUT2D eigenvalue weighted by atomic mass is 10.1. The molecule has 2 aromatic carbocycles. The fraction of sp³-hybridized carbons (Fsp3) is 0.0625. The first-order chi connectivity index (χ1) is 9.72. The molecule has 20 heavy (non-hydrogen) atoms. The van der Waals surface area contributed by atoms with E-state index in [1.807, 2.05) is 35.3 Å². The van der Waals surface area contributed by atoms with Gasteiger partial charge in [0, 0.05) is 16.2 Å². The fourth-order valence-electron chi connectivity index (χ4n) is 2.05. The summed E-state index contributed by atoms with van der Waals surface area (Å²) in [6.07, 6.45) is 3.83. The number of benzene rings is 2. The van der Waals surface area contributed by atoms with Crippen LogP contribution < -0.4 is 0 Å². The van der Waals surface area contributed by atoms with Gasteiger partial charge in [0.25, 0.3) is 0 Å². The van der Waals surface area contributed by atoms with Gasteiger partial charge in [-0.2, -0.15) is 5.10 Å². The standard InChI is InChI=1S/C16H12BrFN2/c17-16-8-15(18)7-6-13(16)10-20-11-14(9-19-20)12-4-2-1-3-5-12/h1-9,11H,10H2. The summed E-state index contributed by atoms with van der Waals surface area (Å²) in [4.78, 5) is 0. The van der Waals surface area contributed by atoms with Crippen LogP contribution in [0.5, 0.6) is 0 Å². The summed E-state index contributed by atoms with van der Waals surface area (Å²) in [7, 11) is 0. The van der Waals surface area contributed by atoms with Gasteiger partial charge in [-0.3, -0.25) is 4.68 Å². The quantitative estimate of drug-likeness (QED) is 0.691. The Kier molecular flexibility index (Phi) is 3.65. The molecule has 0 amide bonds. The summed E-state index contributed by atoms with van der Waals surface area (Å²) >= 11 is 3.38. The first-order valence-electron chi connectivity index (χ1n) is 6.24. The lowest BCUT2D eigenvalue weighted by Crippen LogP contribution is -2.00. The van der Waals surface area contributed by atoms with Crippen LogP contribution in [0.3, 0.4) is 0 Å². The molecule has 0 fully saturated rings. The van der Waals surface area contributed by atoms with Gasteiger partial charge in [-0.15, -0.1) is 0 Å². The van der Waals surface area contributed by atoms with Crippen LogP contribution in [-0.4, -0.2) is 9.78 Å². The topological polar surface area (TPSA) is 17.8 Å². The normalized spacial score (nSPS) is 10.7. The Hall–Kier alpha value is -1.94. The maximum absolute atomic E-state index is 13.1. The van der Waals surface area contributed by atoms with Crippen molar-refractivity contribution in [3.05, 3.63) is 76.8 Å². The van der Waals surface area contributed by atoms with Gasteiger partial charge in [-0.1, -0.05) is 52.3 Å². The van der Waals surface area contributed by atoms with E-state index >= 15 is 0 Å². The number of halogens is 2. The maximum atomic E-state index is 13.1. The minimum absolute atomic E-state index is 0.244. The number of hydrogen-bond donors (Lipinski definition) is 0. The summed E-state index contributed by atoms with van der Waals surface area (Å²) in [5.74, 6) is -0.244. The molecule has 0 radical (unpaired) electrons. The number of hydrogen-bond acceptors (Lipinski definition) is 1. The number of rotatable bonds is 3. The molecular formula is C16H12BrFN2. The lowest BCUT2D eigenvalue weighted by Gasteiger charge is -2.04. The molecule has 0 aliphatic carbocycles. The zero-order valence-corrected chi connectivity index (χ0v) is 12.2. The molecule has 0 aliphatic heterocycles. The van der Waals surface area contributed by atoms with Crippen molar-refractivity contribution in [2.45, 2.75) is 6.54 Å². The molecule has 3 aromatic rings. The number of nitrogens with zero attached hydrogens (tertiary/aromatic N) is 2. The molecule has 100 valence electrons. The molecule has 1 aromatic heterocycles. The predicted octanol–water partition coefficient (Wildman–Crippen LogP) is 4.50. The molecule has 3 rings (SSSR count). The smallest absolute Gasteiger partial charge is 0.124 e. The van der Waals surface area contributed by atoms with Gasteiger partial charge in [0.15, 0.2) is 0 Å². The van der Waals surface area contributed by atoms with Crippen molar-refractivity contribution in [2.24, 2.45) is 0 Å². The molecule has 2 nitrogen and oxygen atoms in total. The second-order valence-electron chi connectivity index (χ2n) is 4.53. The Morgan fingerprint density at radius 3 is 2.60 bits per heavy atom. The third-order valence-electron chi connectivity index (χ3n) is 3.09. The molecule has 0 saturated heterocycles. The van der Waals surface area contributed by atoms with Crippen molar-refractivity contribution in [2.75, 3.05) is 0 Å². The van der Waals surface area contributed by atoms with E-state index < -0.39 is 0 Å². The van der Waals surface area contributed by atoms with Crippen LogP contribution >= 0.6 is 15.9 Å². The summed E-state index contributed by atoms with van der Waals surface area (Å²) in [5, 5.41) is 4.35. The predicted molar refractivity (Wildman–Crippen MR) is 80.9 cm³/mol. The van der Waals surface area contributed by atoms with Crippen molar-refractivity contribution in [1.29, 1.82) is 0 Å². The van der Waals surface area contributed by atoms with E-state index in [4.69, 9.17) is 0 Å². The fourth-order valence-corrected chi connectivity index (χ4v) is 2.53. The van der Waals surface area contributed by atoms with Crippen LogP contribution in [0.25, 0.3) is 11.1 Å². The van der Waals surface area contributed by atoms with Crippen LogP contribution in [0.4, 0.5) is 4.39 Å². The summed E-state index contributed by atoms with van der Waals surface area (Å²) in [6.45, 7) is 0.605. The molecular weight excluding hydrogens is 319 g/mol. The van der Waals surface area contributed by atoms with Crippen LogP contribution in [0, 0.1) is 5.82 Å². The third-order valence-corrected chi connectivity index (χ3v) is 3.83. The summed E-state index contributed by atoms with van der Waals surface area (Å²) in [6, 6.07) is 14.8. The molecule has 4 heteroatoms. The van der Waals surface area contributed by atoms with Crippen molar-refractivity contribution in [3.63, 3.8) is 0 Å². The van der Waals surface area contributed by atoms with Gasteiger partial charge in [0.2, 0.25) is 0 Å². The number of aromatic nitrogens is 2. The van der Waals surface area contributed by atoms with Gasteiger partial charge in [-0.05, 0) is 23.3 Å². The zero-order chi connectivity index (χ0) is 13.9.